The van der Waals surface area contributed by atoms with E-state index in [4.69, 9.17) is 10.1 Å². The number of rotatable bonds is 4. The van der Waals surface area contributed by atoms with E-state index in [9.17, 15) is 4.79 Å². The molecule has 7 nitrogen and oxygen atoms in total. The number of hydrogen-bond donors (Lipinski definition) is 2. The highest BCUT2D eigenvalue weighted by Gasteiger charge is 2.42. The van der Waals surface area contributed by atoms with Crippen molar-refractivity contribution in [3.8, 4) is 0 Å². The maximum atomic E-state index is 11.0. The lowest BCUT2D eigenvalue weighted by Gasteiger charge is -2.17. The molecule has 27 heavy (non-hydrogen) atoms. The Morgan fingerprint density at radius 2 is 2.00 bits per heavy atom. The quantitative estimate of drug-likeness (QED) is 0.733. The topological polar surface area (TPSA) is 91.2 Å². The van der Waals surface area contributed by atoms with Gasteiger partial charge in [0.25, 0.3) is 0 Å². The number of anilines is 2. The first-order valence-corrected chi connectivity index (χ1v) is 8.84. The summed E-state index contributed by atoms with van der Waals surface area (Å²) in [5.74, 6) is 1.47. The third-order valence-corrected chi connectivity index (χ3v) is 4.86. The number of benzene rings is 1. The van der Waals surface area contributed by atoms with Crippen molar-refractivity contribution in [1.29, 1.82) is 0 Å². The molecule has 0 aliphatic heterocycles. The lowest BCUT2D eigenvalue weighted by molar-refractivity contribution is 0.210. The molecule has 1 saturated carbocycles. The van der Waals surface area contributed by atoms with Gasteiger partial charge in [-0.15, -0.1) is 0 Å². The van der Waals surface area contributed by atoms with Crippen LogP contribution in [0.25, 0.3) is 10.9 Å². The lowest BCUT2D eigenvalue weighted by atomic mass is 10.1. The summed E-state index contributed by atoms with van der Waals surface area (Å²) >= 11 is 0. The van der Waals surface area contributed by atoms with Gasteiger partial charge >= 0.3 is 6.09 Å². The van der Waals surface area contributed by atoms with Crippen molar-refractivity contribution >= 4 is 28.4 Å². The molecule has 138 valence electrons. The van der Waals surface area contributed by atoms with Crippen LogP contribution in [0.3, 0.4) is 0 Å². The predicted octanol–water partition coefficient (Wildman–Crippen LogP) is 3.76. The third kappa shape index (κ3) is 3.40. The van der Waals surface area contributed by atoms with Gasteiger partial charge in [-0.2, -0.15) is 0 Å². The number of fused-ring (bicyclic) bond motifs is 1. The summed E-state index contributed by atoms with van der Waals surface area (Å²) in [7, 11) is 3.86. The molecule has 4 rings (SSSR count). The summed E-state index contributed by atoms with van der Waals surface area (Å²) < 4.78 is 0. The number of amides is 1. The molecule has 2 heterocycles. The third-order valence-electron chi connectivity index (χ3n) is 4.86. The van der Waals surface area contributed by atoms with Gasteiger partial charge in [0.2, 0.25) is 0 Å². The Hall–Kier alpha value is -3.22. The molecular formula is C20H21N5O2. The van der Waals surface area contributed by atoms with E-state index >= 15 is 0 Å². The summed E-state index contributed by atoms with van der Waals surface area (Å²) in [6.45, 7) is 1.97. The average Bonchev–Trinajstić information content (AvgIpc) is 3.40. The van der Waals surface area contributed by atoms with Crippen molar-refractivity contribution < 1.29 is 9.90 Å². The Labute approximate surface area is 157 Å². The fraction of sp³-hybridized carbons (Fsp3) is 0.300. The van der Waals surface area contributed by atoms with Crippen molar-refractivity contribution in [2.24, 2.45) is 0 Å². The number of nitrogens with one attached hydrogen (secondary N) is 1. The lowest BCUT2D eigenvalue weighted by Crippen LogP contribution is -2.12. The van der Waals surface area contributed by atoms with Crippen LogP contribution in [0.15, 0.2) is 36.5 Å². The van der Waals surface area contributed by atoms with Crippen molar-refractivity contribution in [3.63, 3.8) is 0 Å². The second-order valence-electron chi connectivity index (χ2n) is 7.13. The smallest absolute Gasteiger partial charge is 0.409 e. The maximum Gasteiger partial charge on any atom is 0.409 e. The van der Waals surface area contributed by atoms with E-state index < -0.39 is 6.09 Å². The summed E-state index contributed by atoms with van der Waals surface area (Å²) in [5, 5.41) is 12.5. The number of aryl methyl sites for hydroxylation is 1. The molecule has 2 N–H and O–H groups in total. The first-order chi connectivity index (χ1) is 12.9. The second-order valence-corrected chi connectivity index (χ2v) is 7.13. The molecule has 1 aliphatic carbocycles. The zero-order valence-corrected chi connectivity index (χ0v) is 15.5. The monoisotopic (exact) mass is 363 g/mol. The highest BCUT2D eigenvalue weighted by Crippen LogP contribution is 2.53. The fourth-order valence-corrected chi connectivity index (χ4v) is 3.46. The summed E-state index contributed by atoms with van der Waals surface area (Å²) in [6, 6.07) is 9.61. The van der Waals surface area contributed by atoms with Gasteiger partial charge in [-0.3, -0.25) is 10.3 Å². The van der Waals surface area contributed by atoms with E-state index in [0.29, 0.717) is 17.5 Å². The summed E-state index contributed by atoms with van der Waals surface area (Å²) in [5.41, 5.74) is 4.17. The zero-order valence-electron chi connectivity index (χ0n) is 15.5. The van der Waals surface area contributed by atoms with Crippen LogP contribution in [0.2, 0.25) is 0 Å². The second kappa shape index (κ2) is 6.50. The highest BCUT2D eigenvalue weighted by molar-refractivity contribution is 5.97. The standard InChI is InChI=1S/C20H21N5O2/c1-11-6-7-21-19(22-11)15-10-14(15)16-5-4-13-17(24-16)8-12(23-20(26)27)9-18(13)25(2)3/h4-9,14-15,23H,10H2,1-3H3,(H,26,27)/t14-,15-/m0/s1. The molecule has 3 aromatic rings. The first kappa shape index (κ1) is 17.2. The average molecular weight is 363 g/mol. The molecule has 0 saturated heterocycles. The van der Waals surface area contributed by atoms with Crippen LogP contribution in [0.1, 0.15) is 35.5 Å². The minimum absolute atomic E-state index is 0.295. The Balaban J connectivity index is 1.70. The van der Waals surface area contributed by atoms with Crippen LogP contribution >= 0.6 is 0 Å². The number of carboxylic acid groups (broad SMARTS) is 1. The van der Waals surface area contributed by atoms with Crippen LogP contribution < -0.4 is 10.2 Å². The van der Waals surface area contributed by atoms with Gasteiger partial charge in [0.1, 0.15) is 5.82 Å². The van der Waals surface area contributed by atoms with Gasteiger partial charge in [-0.25, -0.2) is 14.8 Å². The molecule has 1 amide bonds. The van der Waals surface area contributed by atoms with E-state index in [2.05, 4.69) is 27.4 Å². The van der Waals surface area contributed by atoms with Crippen LogP contribution in [0.5, 0.6) is 0 Å². The molecule has 2 atom stereocenters. The van der Waals surface area contributed by atoms with Crippen LogP contribution in [0.4, 0.5) is 16.2 Å². The van der Waals surface area contributed by atoms with E-state index in [-0.39, 0.29) is 0 Å². The number of nitrogens with zero attached hydrogens (tertiary/aromatic N) is 4. The molecule has 1 aromatic carbocycles. The van der Waals surface area contributed by atoms with Crippen molar-refractivity contribution in [2.45, 2.75) is 25.2 Å². The van der Waals surface area contributed by atoms with Gasteiger partial charge in [0.15, 0.2) is 0 Å². The van der Waals surface area contributed by atoms with Crippen molar-refractivity contribution in [3.05, 3.63) is 53.7 Å². The minimum atomic E-state index is -1.09. The number of aromatic nitrogens is 3. The van der Waals surface area contributed by atoms with Crippen LogP contribution in [-0.2, 0) is 0 Å². The largest absolute Gasteiger partial charge is 0.465 e. The zero-order chi connectivity index (χ0) is 19.1. The van der Waals surface area contributed by atoms with Gasteiger partial charge in [-0.05, 0) is 43.7 Å². The molecule has 1 aliphatic rings. The Kier molecular flexibility index (Phi) is 4.14. The Morgan fingerprint density at radius 1 is 1.19 bits per heavy atom. The summed E-state index contributed by atoms with van der Waals surface area (Å²) in [6.07, 6.45) is 1.69. The molecule has 2 aromatic heterocycles. The van der Waals surface area contributed by atoms with E-state index in [0.717, 1.165) is 40.2 Å². The molecule has 7 heteroatoms. The number of carbonyl (C=O) groups is 1. The van der Waals surface area contributed by atoms with Crippen LogP contribution in [0, 0.1) is 6.92 Å². The summed E-state index contributed by atoms with van der Waals surface area (Å²) in [4.78, 5) is 26.8. The van der Waals surface area contributed by atoms with Crippen LogP contribution in [-0.4, -0.2) is 40.2 Å². The van der Waals surface area contributed by atoms with Gasteiger partial charge in [-0.1, -0.05) is 0 Å². The van der Waals surface area contributed by atoms with Crippen molar-refractivity contribution in [1.82, 2.24) is 15.0 Å². The Morgan fingerprint density at radius 3 is 2.70 bits per heavy atom. The number of hydrogen-bond acceptors (Lipinski definition) is 5. The van der Waals surface area contributed by atoms with E-state index in [1.807, 2.05) is 38.1 Å². The first-order valence-electron chi connectivity index (χ1n) is 8.84. The molecule has 1 fully saturated rings. The maximum absolute atomic E-state index is 11.0. The number of pyridine rings is 1. The van der Waals surface area contributed by atoms with Crippen molar-refractivity contribution in [2.75, 3.05) is 24.3 Å². The highest BCUT2D eigenvalue weighted by atomic mass is 16.4. The van der Waals surface area contributed by atoms with E-state index in [1.54, 1.807) is 12.3 Å². The molecule has 0 radical (unpaired) electrons. The van der Waals surface area contributed by atoms with Gasteiger partial charge in [0, 0.05) is 60.3 Å². The minimum Gasteiger partial charge on any atom is -0.465 e. The van der Waals surface area contributed by atoms with Gasteiger partial charge in [0.05, 0.1) is 5.52 Å². The normalized spacial score (nSPS) is 18.3. The van der Waals surface area contributed by atoms with E-state index in [1.165, 1.54) is 0 Å². The molecule has 0 unspecified atom stereocenters. The molecule has 0 spiro atoms. The molecule has 0 bridgehead atoms. The Bertz CT molecular complexity index is 1030. The SMILES string of the molecule is Cc1ccnc([C@H]2C[C@@H]2c2ccc3c(N(C)C)cc(NC(=O)O)cc3n2)n1. The van der Waals surface area contributed by atoms with Gasteiger partial charge < -0.3 is 10.0 Å². The fourth-order valence-electron chi connectivity index (χ4n) is 3.46. The molecular weight excluding hydrogens is 342 g/mol. The predicted molar refractivity (Wildman–Crippen MR) is 105 cm³/mol.